The fourth-order valence-electron chi connectivity index (χ4n) is 3.39. The van der Waals surface area contributed by atoms with E-state index in [1.54, 1.807) is 42.6 Å². The molecule has 15 heteroatoms. The third-order valence-corrected chi connectivity index (χ3v) is 22.6. The van der Waals surface area contributed by atoms with E-state index >= 15 is 0 Å². The van der Waals surface area contributed by atoms with Crippen LogP contribution in [0, 0.1) is 0 Å². The quantitative estimate of drug-likeness (QED) is 0.170. The zero-order valence-corrected chi connectivity index (χ0v) is 30.2. The van der Waals surface area contributed by atoms with Gasteiger partial charge in [0.2, 0.25) is 5.79 Å². The van der Waals surface area contributed by atoms with Gasteiger partial charge < -0.3 is 9.47 Å². The summed E-state index contributed by atoms with van der Waals surface area (Å²) in [7, 11) is 3.51. The fraction of sp³-hybridized carbons (Fsp3) is 0.500. The summed E-state index contributed by atoms with van der Waals surface area (Å²) >= 11 is 21.0. The summed E-state index contributed by atoms with van der Waals surface area (Å²) < 4.78 is 15.2. The van der Waals surface area contributed by atoms with E-state index in [2.05, 4.69) is 17.0 Å². The van der Waals surface area contributed by atoms with Gasteiger partial charge in [-0.1, -0.05) is 42.6 Å². The van der Waals surface area contributed by atoms with Gasteiger partial charge in [-0.3, -0.25) is 0 Å². The minimum absolute atomic E-state index is 0.0419. The molecule has 0 spiro atoms. The molecule has 2 unspecified atom stereocenters. The first-order chi connectivity index (χ1) is 16.8. The van der Waals surface area contributed by atoms with Gasteiger partial charge in [-0.15, -0.1) is 0 Å². The van der Waals surface area contributed by atoms with Crippen molar-refractivity contribution in [3.05, 3.63) is 46.5 Å². The van der Waals surface area contributed by atoms with Gasteiger partial charge in [0, 0.05) is 10.6 Å². The SMILES string of the molecule is CCCC1COC(Cn2cncn2)(c2ccc(Cl)cc2Cl)O1.NC(=S)[S][Zn][CH2]C[CH2][Zn][S]C(N)=S. The maximum absolute atomic E-state index is 6.37. The van der Waals surface area contributed by atoms with Crippen molar-refractivity contribution in [2.45, 2.75) is 54.7 Å². The Balaban J connectivity index is 0.000000287. The molecule has 4 N–H and O–H groups in total. The Labute approximate surface area is 248 Å². The van der Waals surface area contributed by atoms with Gasteiger partial charge in [0.05, 0.1) is 17.7 Å². The average Bonchev–Trinajstić information content (AvgIpc) is 3.44. The first-order valence-corrected chi connectivity index (χ1v) is 26.2. The molecule has 1 aromatic carbocycles. The third-order valence-electron chi connectivity index (χ3n) is 4.93. The van der Waals surface area contributed by atoms with Gasteiger partial charge in [0.1, 0.15) is 19.2 Å². The van der Waals surface area contributed by atoms with Gasteiger partial charge in [-0.2, -0.15) is 5.10 Å². The Bertz CT molecular complexity index is 930. The summed E-state index contributed by atoms with van der Waals surface area (Å²) in [6.45, 7) is 3.03. The molecule has 0 amide bonds. The second-order valence-electron chi connectivity index (χ2n) is 7.71. The molecule has 2 atom stereocenters. The van der Waals surface area contributed by atoms with Gasteiger partial charge in [-0.05, 0) is 18.6 Å². The van der Waals surface area contributed by atoms with E-state index in [0.717, 1.165) is 18.4 Å². The number of hydrogen-bond donors (Lipinski definition) is 2. The van der Waals surface area contributed by atoms with Crippen LogP contribution in [0.2, 0.25) is 20.1 Å². The molecule has 35 heavy (non-hydrogen) atoms. The standard InChI is InChI=1S/C15H17Cl2N3O2.C3H6.2CH3NS2.2Zn/c1-2-3-12-7-21-15(22-12,8-20-10-18-9-19-20)13-5-4-11(16)6-14(13)17;1-3-2;2*2-1(3)4;;/h4-6,9-10,12H,2-3,7-8H2,1H3;1-3H2;2*(H3,2,3,4);;/q;;;;2*+1/p-2. The van der Waals surface area contributed by atoms with E-state index in [4.69, 9.17) is 68.6 Å². The number of benzene rings is 1. The minimum atomic E-state index is -0.963. The van der Waals surface area contributed by atoms with E-state index in [0.29, 0.717) is 31.8 Å². The van der Waals surface area contributed by atoms with Crippen LogP contribution in [0.15, 0.2) is 30.9 Å². The molecule has 2 heterocycles. The van der Waals surface area contributed by atoms with Crippen LogP contribution in [0.25, 0.3) is 0 Å². The van der Waals surface area contributed by atoms with E-state index in [1.807, 2.05) is 6.07 Å². The van der Waals surface area contributed by atoms with Crippen molar-refractivity contribution in [1.29, 1.82) is 0 Å². The van der Waals surface area contributed by atoms with Crippen LogP contribution in [0.5, 0.6) is 0 Å². The number of aromatic nitrogens is 3. The van der Waals surface area contributed by atoms with Crippen molar-refractivity contribution < 1.29 is 41.3 Å². The molecule has 186 valence electrons. The molecule has 2 aromatic rings. The molecule has 3 rings (SSSR count). The van der Waals surface area contributed by atoms with E-state index in [9.17, 15) is 0 Å². The van der Waals surface area contributed by atoms with E-state index in [-0.39, 0.29) is 6.10 Å². The van der Waals surface area contributed by atoms with Crippen molar-refractivity contribution in [2.75, 3.05) is 6.61 Å². The first kappa shape index (κ1) is 31.8. The van der Waals surface area contributed by atoms with Crippen molar-refractivity contribution in [3.63, 3.8) is 0 Å². The van der Waals surface area contributed by atoms with E-state index < -0.39 is 37.6 Å². The number of thiocarbonyl (C=S) groups is 2. The molecule has 1 aliphatic rings. The van der Waals surface area contributed by atoms with E-state index in [1.165, 1.54) is 22.8 Å². The topological polar surface area (TPSA) is 101 Å². The van der Waals surface area contributed by atoms with Crippen LogP contribution in [-0.4, -0.2) is 36.1 Å². The van der Waals surface area contributed by atoms with Crippen LogP contribution in [0.3, 0.4) is 0 Å². The molecule has 0 radical (unpaired) electrons. The number of halogens is 2. The summed E-state index contributed by atoms with van der Waals surface area (Å²) in [5.41, 5.74) is 11.5. The van der Waals surface area contributed by atoms with Crippen LogP contribution >= 0.6 is 67.1 Å². The predicted molar refractivity (Wildman–Crippen MR) is 147 cm³/mol. The zero-order valence-electron chi connectivity index (χ0n) is 19.5. The number of hydrogen-bond acceptors (Lipinski definition) is 8. The maximum atomic E-state index is 6.37. The Morgan fingerprint density at radius 1 is 1.23 bits per heavy atom. The van der Waals surface area contributed by atoms with Gasteiger partial charge >= 0.3 is 112 Å². The first-order valence-electron chi connectivity index (χ1n) is 11.2. The molecule has 1 aliphatic heterocycles. The molecule has 1 fully saturated rings. The number of ether oxygens (including phenoxy) is 2. The second-order valence-corrected chi connectivity index (χ2v) is 24.0. The summed E-state index contributed by atoms with van der Waals surface area (Å²) in [4.78, 5) is 3.97. The third kappa shape index (κ3) is 11.9. The summed E-state index contributed by atoms with van der Waals surface area (Å²) in [5.74, 6) is -0.963. The predicted octanol–water partition coefficient (Wildman–Crippen LogP) is 5.82. The Morgan fingerprint density at radius 3 is 2.46 bits per heavy atom. The molecule has 0 aliphatic carbocycles. The van der Waals surface area contributed by atoms with Crippen molar-refractivity contribution in [3.8, 4) is 0 Å². The Morgan fingerprint density at radius 2 is 1.91 bits per heavy atom. The summed E-state index contributed by atoms with van der Waals surface area (Å²) in [5, 5.41) is 8.01. The summed E-state index contributed by atoms with van der Waals surface area (Å²) in [6, 6.07) is 5.32. The van der Waals surface area contributed by atoms with Gasteiger partial charge in [0.15, 0.2) is 0 Å². The van der Waals surface area contributed by atoms with Crippen molar-refractivity contribution in [1.82, 2.24) is 14.8 Å². The molecule has 7 nitrogen and oxygen atoms in total. The monoisotopic (exact) mass is 695 g/mol. The molecule has 0 saturated carbocycles. The fourth-order valence-corrected chi connectivity index (χ4v) is 19.2. The molecular formula is C20H27Cl2N5O2S4Zn2. The van der Waals surface area contributed by atoms with Crippen molar-refractivity contribution >= 4 is 75.8 Å². The number of rotatable bonds is 11. The number of nitrogens with zero attached hydrogens (tertiary/aromatic N) is 3. The average molecular weight is 699 g/mol. The van der Waals surface area contributed by atoms with Crippen LogP contribution in [0.4, 0.5) is 0 Å². The van der Waals surface area contributed by atoms with Crippen molar-refractivity contribution in [2.24, 2.45) is 11.5 Å². The normalized spacial score (nSPS) is 18.8. The molecule has 1 aromatic heterocycles. The van der Waals surface area contributed by atoms with Gasteiger partial charge in [0.25, 0.3) is 0 Å². The molecule has 0 bridgehead atoms. The number of nitrogens with two attached hydrogens (primary N) is 2. The Hall–Kier alpha value is 0.587. The zero-order chi connectivity index (χ0) is 25.7. The van der Waals surface area contributed by atoms with Crippen LogP contribution in [-0.2, 0) is 53.6 Å². The second kappa shape index (κ2) is 17.2. The molecular weight excluding hydrogens is 672 g/mol. The summed E-state index contributed by atoms with van der Waals surface area (Å²) in [6.07, 6.45) is 6.47. The van der Waals surface area contributed by atoms with Gasteiger partial charge in [-0.25, -0.2) is 9.67 Å². The Kier molecular flexibility index (Phi) is 15.7. The molecule has 1 saturated heterocycles. The van der Waals surface area contributed by atoms with Crippen LogP contribution < -0.4 is 11.5 Å². The van der Waals surface area contributed by atoms with Crippen LogP contribution in [0.1, 0.15) is 31.7 Å².